The minimum Gasteiger partial charge on any atom is -0.507 e. The molecule has 1 saturated heterocycles. The van der Waals surface area contributed by atoms with Crippen LogP contribution in [0.2, 0.25) is 0 Å². The molecule has 6 heteroatoms. The number of rotatable bonds is 9. The number of ether oxygens (including phenoxy) is 2. The Bertz CT molecular complexity index is 1570. The van der Waals surface area contributed by atoms with Crippen molar-refractivity contribution in [1.29, 1.82) is 0 Å². The Morgan fingerprint density at radius 1 is 0.886 bits per heavy atom. The number of ketones is 2. The highest BCUT2D eigenvalue weighted by molar-refractivity contribution is 6.18. The lowest BCUT2D eigenvalue weighted by Crippen LogP contribution is -2.72. The van der Waals surface area contributed by atoms with E-state index in [1.807, 2.05) is 66.7 Å². The molecule has 4 bridgehead atoms. The Morgan fingerprint density at radius 3 is 2.16 bits per heavy atom. The van der Waals surface area contributed by atoms with Gasteiger partial charge in [0.25, 0.3) is 0 Å². The summed E-state index contributed by atoms with van der Waals surface area (Å²) in [5.41, 5.74) is 2.21. The highest BCUT2D eigenvalue weighted by Crippen LogP contribution is 2.68. The first-order valence-corrected chi connectivity index (χ1v) is 15.9. The van der Waals surface area contributed by atoms with Crippen molar-refractivity contribution in [3.8, 4) is 17.2 Å². The maximum atomic E-state index is 14.7. The van der Waals surface area contributed by atoms with E-state index in [4.69, 9.17) is 9.47 Å². The first-order valence-electron chi connectivity index (χ1n) is 15.9. The summed E-state index contributed by atoms with van der Waals surface area (Å²) in [7, 11) is 0. The van der Waals surface area contributed by atoms with Crippen molar-refractivity contribution in [2.45, 2.75) is 118 Å². The number of Topliss-reactive ketones (excluding diaryl/α,β-unsaturated/α-hetero) is 2. The van der Waals surface area contributed by atoms with Gasteiger partial charge in [0.05, 0.1) is 5.60 Å². The predicted molar refractivity (Wildman–Crippen MR) is 173 cm³/mol. The number of phenols is 2. The lowest BCUT2D eigenvalue weighted by molar-refractivity contribution is -0.171. The zero-order valence-electron chi connectivity index (χ0n) is 27.8. The van der Waals surface area contributed by atoms with E-state index in [2.05, 4.69) is 19.9 Å². The summed E-state index contributed by atoms with van der Waals surface area (Å²) in [6, 6.07) is 0. The molecule has 236 valence electrons. The molecule has 5 aliphatic rings. The molecular weight excluding hydrogens is 552 g/mol. The van der Waals surface area contributed by atoms with Crippen LogP contribution in [0.5, 0.6) is 17.2 Å². The van der Waals surface area contributed by atoms with Crippen LogP contribution in [0.25, 0.3) is 0 Å². The first-order chi connectivity index (χ1) is 20.6. The van der Waals surface area contributed by atoms with Gasteiger partial charge < -0.3 is 19.7 Å². The summed E-state index contributed by atoms with van der Waals surface area (Å²) in [6.07, 6.45) is 13.1. The smallest absolute Gasteiger partial charge is 0.200 e. The highest BCUT2D eigenvalue weighted by atomic mass is 16.6. The molecule has 6 rings (SSSR count). The second kappa shape index (κ2) is 11.2. The third-order valence-electron chi connectivity index (χ3n) is 9.95. The lowest BCUT2D eigenvalue weighted by atomic mass is 9.51. The Hall–Kier alpha value is -3.38. The van der Waals surface area contributed by atoms with E-state index in [0.717, 1.165) is 29.6 Å². The third-order valence-corrected chi connectivity index (χ3v) is 9.95. The largest absolute Gasteiger partial charge is 0.507 e. The molecule has 2 heterocycles. The van der Waals surface area contributed by atoms with E-state index in [0.29, 0.717) is 29.5 Å². The van der Waals surface area contributed by atoms with Crippen molar-refractivity contribution in [1.82, 2.24) is 0 Å². The van der Waals surface area contributed by atoms with Gasteiger partial charge >= 0.3 is 0 Å². The van der Waals surface area contributed by atoms with Crippen LogP contribution in [-0.2, 0) is 22.4 Å². The van der Waals surface area contributed by atoms with Gasteiger partial charge in [-0.05, 0) is 94.4 Å². The molecule has 1 saturated carbocycles. The summed E-state index contributed by atoms with van der Waals surface area (Å²) < 4.78 is 13.8. The number of allylic oxidation sites excluding steroid dienone is 8. The standard InChI is InChI=1S/C38H48O6/c1-21(2)11-10-12-24(7)14-16-26-31(39)27(15-13-22(3)4)34-30(32(26)40)33(41)28-19-25-20-29-36(8,9)44-37(35(25)42,18-17-23(5)6)38(28,29)43-34/h11,13-14,17,19,25,29,39-40H,10,12,15-16,18,20H2,1-9H3/t25-,29?,37?,38-/m1/s1. The minimum absolute atomic E-state index is 0.0667. The van der Waals surface area contributed by atoms with Crippen LogP contribution in [0.15, 0.2) is 58.2 Å². The maximum Gasteiger partial charge on any atom is 0.200 e. The van der Waals surface area contributed by atoms with Gasteiger partial charge in [0.1, 0.15) is 22.8 Å². The number of hydrogen-bond donors (Lipinski definition) is 2. The van der Waals surface area contributed by atoms with Crippen LogP contribution in [0, 0.1) is 11.8 Å². The fourth-order valence-corrected chi connectivity index (χ4v) is 7.76. The van der Waals surface area contributed by atoms with Gasteiger partial charge in [-0.3, -0.25) is 9.59 Å². The highest BCUT2D eigenvalue weighted by Gasteiger charge is 2.81. The van der Waals surface area contributed by atoms with Gasteiger partial charge in [-0.25, -0.2) is 0 Å². The Kier molecular flexibility index (Phi) is 8.16. The maximum absolute atomic E-state index is 14.7. The molecule has 3 aliphatic carbocycles. The van der Waals surface area contributed by atoms with E-state index in [-0.39, 0.29) is 53.1 Å². The molecule has 1 aromatic carbocycles. The van der Waals surface area contributed by atoms with Crippen molar-refractivity contribution in [3.63, 3.8) is 0 Å². The minimum atomic E-state index is -1.39. The van der Waals surface area contributed by atoms with E-state index in [9.17, 15) is 19.8 Å². The van der Waals surface area contributed by atoms with Crippen molar-refractivity contribution in [3.05, 3.63) is 74.9 Å². The van der Waals surface area contributed by atoms with Crippen LogP contribution in [0.1, 0.15) is 109 Å². The normalized spacial score (nSPS) is 27.7. The molecule has 1 spiro atoms. The number of phenolic OH excluding ortho intramolecular Hbond substituents is 2. The van der Waals surface area contributed by atoms with Gasteiger partial charge in [-0.2, -0.15) is 0 Å². The Balaban J connectivity index is 1.71. The molecule has 1 aromatic rings. The second-order valence-corrected chi connectivity index (χ2v) is 14.4. The van der Waals surface area contributed by atoms with Gasteiger partial charge in [-0.1, -0.05) is 52.7 Å². The number of carbonyl (C=O) groups is 2. The predicted octanol–water partition coefficient (Wildman–Crippen LogP) is 8.20. The number of hydrogen-bond acceptors (Lipinski definition) is 6. The third kappa shape index (κ3) is 4.81. The quantitative estimate of drug-likeness (QED) is 0.278. The average Bonchev–Trinajstić information content (AvgIpc) is 3.08. The first kappa shape index (κ1) is 32.0. The monoisotopic (exact) mass is 600 g/mol. The summed E-state index contributed by atoms with van der Waals surface area (Å²) in [6.45, 7) is 18.0. The number of benzene rings is 1. The van der Waals surface area contributed by atoms with Crippen molar-refractivity contribution in [2.75, 3.05) is 0 Å². The number of fused-ring (bicyclic) bond motifs is 1. The zero-order chi connectivity index (χ0) is 32.4. The zero-order valence-corrected chi connectivity index (χ0v) is 27.8. The molecule has 2 fully saturated rings. The fourth-order valence-electron chi connectivity index (χ4n) is 7.76. The van der Waals surface area contributed by atoms with E-state index >= 15 is 0 Å². The second-order valence-electron chi connectivity index (χ2n) is 14.4. The summed E-state index contributed by atoms with van der Waals surface area (Å²) in [4.78, 5) is 28.8. The lowest BCUT2D eigenvalue weighted by Gasteiger charge is -2.56. The van der Waals surface area contributed by atoms with Crippen LogP contribution in [0.3, 0.4) is 0 Å². The molecule has 2 unspecified atom stereocenters. The fraction of sp³-hybridized carbons (Fsp3) is 0.526. The summed E-state index contributed by atoms with van der Waals surface area (Å²) >= 11 is 0. The van der Waals surface area contributed by atoms with Gasteiger partial charge in [0.2, 0.25) is 0 Å². The number of aromatic hydroxyl groups is 2. The molecule has 2 N–H and O–H groups in total. The molecule has 2 aliphatic heterocycles. The average molecular weight is 601 g/mol. The molecular formula is C38H48O6. The van der Waals surface area contributed by atoms with Crippen LogP contribution < -0.4 is 4.74 Å². The Morgan fingerprint density at radius 2 is 1.52 bits per heavy atom. The molecule has 44 heavy (non-hydrogen) atoms. The van der Waals surface area contributed by atoms with Crippen molar-refractivity contribution >= 4 is 11.6 Å². The van der Waals surface area contributed by atoms with Crippen LogP contribution >= 0.6 is 0 Å². The molecule has 0 aromatic heterocycles. The summed E-state index contributed by atoms with van der Waals surface area (Å²) in [5.74, 6) is -1.33. The van der Waals surface area contributed by atoms with E-state index < -0.39 is 22.7 Å². The van der Waals surface area contributed by atoms with Crippen LogP contribution in [-0.4, -0.2) is 38.6 Å². The topological polar surface area (TPSA) is 93.1 Å². The van der Waals surface area contributed by atoms with E-state index in [1.165, 1.54) is 5.57 Å². The van der Waals surface area contributed by atoms with Crippen LogP contribution in [0.4, 0.5) is 0 Å². The molecule has 6 nitrogen and oxygen atoms in total. The SMILES string of the molecule is CC(C)=CCCC(C)=CCc1c(O)c(CC=C(C)C)c2c(c1O)C(=O)C1=C[C@@H]3CC4C(C)(C)OC(CC=C(C)C)(C3=O)[C@@]14O2. The van der Waals surface area contributed by atoms with Crippen molar-refractivity contribution in [2.24, 2.45) is 11.8 Å². The van der Waals surface area contributed by atoms with Gasteiger partial charge in [0.15, 0.2) is 22.8 Å². The van der Waals surface area contributed by atoms with Crippen molar-refractivity contribution < 1.29 is 29.3 Å². The Labute approximate surface area is 262 Å². The summed E-state index contributed by atoms with van der Waals surface area (Å²) in [5, 5.41) is 23.5. The van der Waals surface area contributed by atoms with Gasteiger partial charge in [-0.15, -0.1) is 0 Å². The molecule has 0 radical (unpaired) electrons. The molecule has 4 atom stereocenters. The van der Waals surface area contributed by atoms with Gasteiger partial charge in [0, 0.05) is 35.0 Å². The molecule has 0 amide bonds. The van der Waals surface area contributed by atoms with E-state index in [1.54, 1.807) is 6.08 Å². The number of carbonyl (C=O) groups excluding carboxylic acids is 2.